The highest BCUT2D eigenvalue weighted by Crippen LogP contribution is 2.11. The van der Waals surface area contributed by atoms with Crippen LogP contribution in [0.5, 0.6) is 0 Å². The number of likely N-dealkylation sites (tertiary alicyclic amines) is 1. The second kappa shape index (κ2) is 4.26. The molecule has 1 aliphatic rings. The van der Waals surface area contributed by atoms with Gasteiger partial charge in [-0.15, -0.1) is 0 Å². The van der Waals surface area contributed by atoms with Gasteiger partial charge in [-0.2, -0.15) is 0 Å². The van der Waals surface area contributed by atoms with Crippen molar-refractivity contribution < 1.29 is 14.7 Å². The molecule has 6 nitrogen and oxygen atoms in total. The minimum Gasteiger partial charge on any atom is -0.477 e. The number of amides is 1. The normalized spacial score (nSPS) is 15.1. The molecule has 84 valence electrons. The fraction of sp³-hybridized carbons (Fsp3) is 0.400. The van der Waals surface area contributed by atoms with Gasteiger partial charge in [0.15, 0.2) is 5.69 Å². The van der Waals surface area contributed by atoms with Crippen LogP contribution in [0.3, 0.4) is 0 Å². The van der Waals surface area contributed by atoms with Crippen molar-refractivity contribution in [2.24, 2.45) is 0 Å². The maximum Gasteiger partial charge on any atom is 0.354 e. The lowest BCUT2D eigenvalue weighted by Crippen LogP contribution is -2.28. The zero-order valence-electron chi connectivity index (χ0n) is 8.59. The number of aromatic carboxylic acids is 1. The molecule has 1 aliphatic heterocycles. The summed E-state index contributed by atoms with van der Waals surface area (Å²) >= 11 is 0. The molecule has 2 rings (SSSR count). The maximum absolute atomic E-state index is 11.9. The lowest BCUT2D eigenvalue weighted by Gasteiger charge is -2.14. The third-order valence-electron chi connectivity index (χ3n) is 2.50. The van der Waals surface area contributed by atoms with Gasteiger partial charge >= 0.3 is 5.97 Å². The topological polar surface area (TPSA) is 83.4 Å². The molecule has 1 saturated heterocycles. The van der Waals surface area contributed by atoms with Gasteiger partial charge in [0, 0.05) is 19.2 Å². The number of carbonyl (C=O) groups is 2. The molecule has 6 heteroatoms. The molecular formula is C10H11N3O3. The number of hydrogen-bond donors (Lipinski definition) is 1. The van der Waals surface area contributed by atoms with Gasteiger partial charge in [0.1, 0.15) is 12.0 Å². The number of nitrogens with zero attached hydrogens (tertiary/aromatic N) is 3. The summed E-state index contributed by atoms with van der Waals surface area (Å²) in [7, 11) is 0. The number of aromatic nitrogens is 2. The molecule has 16 heavy (non-hydrogen) atoms. The zero-order chi connectivity index (χ0) is 11.5. The number of carbonyl (C=O) groups excluding carboxylic acids is 1. The Kier molecular flexibility index (Phi) is 2.80. The van der Waals surface area contributed by atoms with Crippen molar-refractivity contribution in [1.82, 2.24) is 14.9 Å². The fourth-order valence-electron chi connectivity index (χ4n) is 1.67. The second-order valence-corrected chi connectivity index (χ2v) is 3.59. The molecule has 0 aliphatic carbocycles. The lowest BCUT2D eigenvalue weighted by atomic mass is 10.3. The summed E-state index contributed by atoms with van der Waals surface area (Å²) in [6.07, 6.45) is 3.08. The van der Waals surface area contributed by atoms with E-state index in [0.29, 0.717) is 13.1 Å². The van der Waals surface area contributed by atoms with Crippen LogP contribution in [0.25, 0.3) is 0 Å². The first-order valence-corrected chi connectivity index (χ1v) is 5.03. The van der Waals surface area contributed by atoms with Crippen molar-refractivity contribution in [2.45, 2.75) is 12.8 Å². The van der Waals surface area contributed by atoms with Crippen molar-refractivity contribution >= 4 is 11.9 Å². The lowest BCUT2D eigenvalue weighted by molar-refractivity contribution is 0.0690. The SMILES string of the molecule is O=C(O)c1cc(C(=O)N2CCCC2)ncn1. The predicted octanol–water partition coefficient (Wildman–Crippen LogP) is 0.411. The van der Waals surface area contributed by atoms with E-state index in [9.17, 15) is 9.59 Å². The van der Waals surface area contributed by atoms with Gasteiger partial charge in [-0.3, -0.25) is 4.79 Å². The molecule has 0 spiro atoms. The summed E-state index contributed by atoms with van der Waals surface area (Å²) in [4.78, 5) is 31.6. The van der Waals surface area contributed by atoms with E-state index >= 15 is 0 Å². The molecule has 1 aromatic rings. The molecule has 1 aromatic heterocycles. The minimum atomic E-state index is -1.15. The standard InChI is InChI=1S/C10H11N3O3/c14-9(13-3-1-2-4-13)7-5-8(10(15)16)12-6-11-7/h5-6H,1-4H2,(H,15,16). The van der Waals surface area contributed by atoms with E-state index in [1.165, 1.54) is 6.07 Å². The molecule has 0 bridgehead atoms. The number of carboxylic acids is 1. The molecule has 1 fully saturated rings. The van der Waals surface area contributed by atoms with E-state index in [0.717, 1.165) is 19.2 Å². The monoisotopic (exact) mass is 221 g/mol. The minimum absolute atomic E-state index is 0.148. The van der Waals surface area contributed by atoms with Crippen LogP contribution in [-0.4, -0.2) is 44.9 Å². The maximum atomic E-state index is 11.9. The molecule has 1 N–H and O–H groups in total. The largest absolute Gasteiger partial charge is 0.477 e. The van der Waals surface area contributed by atoms with Crippen LogP contribution in [0.15, 0.2) is 12.4 Å². The summed E-state index contributed by atoms with van der Waals surface area (Å²) in [5.41, 5.74) is -0.00755. The van der Waals surface area contributed by atoms with Gasteiger partial charge in [0.05, 0.1) is 0 Å². The molecule has 0 saturated carbocycles. The van der Waals surface area contributed by atoms with Crippen LogP contribution in [0.4, 0.5) is 0 Å². The third-order valence-corrected chi connectivity index (χ3v) is 2.50. The summed E-state index contributed by atoms with van der Waals surface area (Å²) in [5, 5.41) is 8.74. The summed E-state index contributed by atoms with van der Waals surface area (Å²) in [6.45, 7) is 1.43. The second-order valence-electron chi connectivity index (χ2n) is 3.59. The van der Waals surface area contributed by atoms with Crippen molar-refractivity contribution in [3.63, 3.8) is 0 Å². The molecule has 0 atom stereocenters. The van der Waals surface area contributed by atoms with Crippen LogP contribution >= 0.6 is 0 Å². The van der Waals surface area contributed by atoms with Crippen molar-refractivity contribution in [1.29, 1.82) is 0 Å². The number of rotatable bonds is 2. The smallest absolute Gasteiger partial charge is 0.354 e. The first-order chi connectivity index (χ1) is 7.68. The predicted molar refractivity (Wildman–Crippen MR) is 54.1 cm³/mol. The van der Waals surface area contributed by atoms with E-state index < -0.39 is 5.97 Å². The molecular weight excluding hydrogens is 210 g/mol. The van der Waals surface area contributed by atoms with E-state index in [-0.39, 0.29) is 17.3 Å². The fourth-order valence-corrected chi connectivity index (χ4v) is 1.67. The average molecular weight is 221 g/mol. The van der Waals surface area contributed by atoms with Crippen LogP contribution in [-0.2, 0) is 0 Å². The van der Waals surface area contributed by atoms with Gasteiger partial charge < -0.3 is 10.0 Å². The Balaban J connectivity index is 2.22. The molecule has 1 amide bonds. The van der Waals surface area contributed by atoms with Gasteiger partial charge in [0.25, 0.3) is 5.91 Å². The van der Waals surface area contributed by atoms with Crippen LogP contribution in [0.2, 0.25) is 0 Å². The van der Waals surface area contributed by atoms with Crippen LogP contribution in [0, 0.1) is 0 Å². The third kappa shape index (κ3) is 2.00. The van der Waals surface area contributed by atoms with E-state index in [1.807, 2.05) is 0 Å². The Morgan fingerprint density at radius 2 is 1.81 bits per heavy atom. The Morgan fingerprint density at radius 1 is 1.19 bits per heavy atom. The summed E-state index contributed by atoms with van der Waals surface area (Å²) < 4.78 is 0. The Labute approximate surface area is 91.9 Å². The quantitative estimate of drug-likeness (QED) is 0.782. The first kappa shape index (κ1) is 10.5. The van der Waals surface area contributed by atoms with E-state index in [4.69, 9.17) is 5.11 Å². The van der Waals surface area contributed by atoms with Crippen molar-refractivity contribution in [3.05, 3.63) is 23.8 Å². The Bertz CT molecular complexity index is 427. The average Bonchev–Trinajstić information content (AvgIpc) is 2.81. The summed E-state index contributed by atoms with van der Waals surface area (Å²) in [6, 6.07) is 1.21. The highest BCUT2D eigenvalue weighted by atomic mass is 16.4. The van der Waals surface area contributed by atoms with Crippen molar-refractivity contribution in [2.75, 3.05) is 13.1 Å². The number of carboxylic acid groups (broad SMARTS) is 1. The highest BCUT2D eigenvalue weighted by molar-refractivity contribution is 5.95. The molecule has 0 radical (unpaired) electrons. The van der Waals surface area contributed by atoms with Crippen LogP contribution < -0.4 is 0 Å². The molecule has 0 unspecified atom stereocenters. The van der Waals surface area contributed by atoms with Gasteiger partial charge in [0.2, 0.25) is 0 Å². The molecule has 0 aromatic carbocycles. The van der Waals surface area contributed by atoms with Gasteiger partial charge in [-0.05, 0) is 12.8 Å². The van der Waals surface area contributed by atoms with Crippen molar-refractivity contribution in [3.8, 4) is 0 Å². The number of hydrogen-bond acceptors (Lipinski definition) is 4. The van der Waals surface area contributed by atoms with E-state index in [2.05, 4.69) is 9.97 Å². The Hall–Kier alpha value is -1.98. The first-order valence-electron chi connectivity index (χ1n) is 5.03. The van der Waals surface area contributed by atoms with E-state index in [1.54, 1.807) is 4.90 Å². The van der Waals surface area contributed by atoms with Gasteiger partial charge in [-0.25, -0.2) is 14.8 Å². The van der Waals surface area contributed by atoms with Crippen LogP contribution in [0.1, 0.15) is 33.8 Å². The zero-order valence-corrected chi connectivity index (χ0v) is 8.59. The molecule has 2 heterocycles. The highest BCUT2D eigenvalue weighted by Gasteiger charge is 2.21. The summed E-state index contributed by atoms with van der Waals surface area (Å²) in [5.74, 6) is -1.37. The Morgan fingerprint density at radius 3 is 2.44 bits per heavy atom. The van der Waals surface area contributed by atoms with Gasteiger partial charge in [-0.1, -0.05) is 0 Å².